The minimum Gasteiger partial charge on any atom is -0.452 e. The number of halogens is 2. The van der Waals surface area contributed by atoms with Crippen LogP contribution in [0.3, 0.4) is 0 Å². The van der Waals surface area contributed by atoms with Crippen molar-refractivity contribution in [1.82, 2.24) is 14.6 Å². The summed E-state index contributed by atoms with van der Waals surface area (Å²) in [6, 6.07) is 11.1. The van der Waals surface area contributed by atoms with Gasteiger partial charge in [-0.3, -0.25) is 9.78 Å². The summed E-state index contributed by atoms with van der Waals surface area (Å²) in [5.74, 6) is -4.04. The Bertz CT molecular complexity index is 1900. The number of anilines is 2. The average Bonchev–Trinajstić information content (AvgIpc) is 3.68. The van der Waals surface area contributed by atoms with Gasteiger partial charge in [0.2, 0.25) is 5.91 Å². The molecule has 216 valence electrons. The van der Waals surface area contributed by atoms with Crippen LogP contribution in [0.5, 0.6) is 11.5 Å². The number of hydrogen-bond donors (Lipinski definition) is 1. The van der Waals surface area contributed by atoms with Crippen LogP contribution in [0.15, 0.2) is 78.7 Å². The van der Waals surface area contributed by atoms with Crippen LogP contribution in [0, 0.1) is 17.6 Å². The number of fused-ring (bicyclic) bond motifs is 1. The summed E-state index contributed by atoms with van der Waals surface area (Å²) in [5, 5.41) is 6.82. The Hall–Kier alpha value is -5.30. The van der Waals surface area contributed by atoms with Crippen molar-refractivity contribution >= 4 is 52.3 Å². The van der Waals surface area contributed by atoms with Gasteiger partial charge in [0, 0.05) is 29.7 Å². The summed E-state index contributed by atoms with van der Waals surface area (Å²) in [6.45, 7) is 3.45. The maximum atomic E-state index is 15.3. The normalized spacial score (nSPS) is 15.2. The molecular formula is C30H23F2N6O4S+. The predicted molar refractivity (Wildman–Crippen MR) is 156 cm³/mol. The van der Waals surface area contributed by atoms with E-state index in [0.29, 0.717) is 11.3 Å². The highest BCUT2D eigenvalue weighted by molar-refractivity contribution is 7.13. The van der Waals surface area contributed by atoms with Crippen LogP contribution in [0.25, 0.3) is 16.0 Å². The molecule has 1 aliphatic rings. The lowest BCUT2D eigenvalue weighted by atomic mass is 10.0. The quantitative estimate of drug-likeness (QED) is 0.188. The third-order valence-electron chi connectivity index (χ3n) is 6.74. The molecule has 4 amide bonds. The van der Waals surface area contributed by atoms with E-state index in [-0.39, 0.29) is 23.2 Å². The van der Waals surface area contributed by atoms with E-state index in [0.717, 1.165) is 33.5 Å². The minimum absolute atomic E-state index is 0.0743. The van der Waals surface area contributed by atoms with Gasteiger partial charge >= 0.3 is 11.9 Å². The second-order valence-corrected chi connectivity index (χ2v) is 10.8. The molecule has 1 aliphatic heterocycles. The third-order valence-corrected chi connectivity index (χ3v) is 7.56. The molecule has 0 aliphatic carbocycles. The molecule has 0 radical (unpaired) electrons. The average molecular weight is 602 g/mol. The fraction of sp³-hybridized carbons (Fsp3) is 0.133. The van der Waals surface area contributed by atoms with Crippen LogP contribution >= 0.6 is 11.3 Å². The summed E-state index contributed by atoms with van der Waals surface area (Å²) < 4.78 is 37.6. The number of rotatable bonds is 7. The van der Waals surface area contributed by atoms with E-state index >= 15 is 4.39 Å². The molecule has 3 aromatic heterocycles. The Morgan fingerprint density at radius 1 is 1.07 bits per heavy atom. The van der Waals surface area contributed by atoms with E-state index in [9.17, 15) is 18.8 Å². The van der Waals surface area contributed by atoms with Gasteiger partial charge in [0.25, 0.3) is 0 Å². The van der Waals surface area contributed by atoms with Crippen LogP contribution in [-0.2, 0) is 9.59 Å². The number of ether oxygens (including phenoxy) is 1. The Morgan fingerprint density at radius 2 is 1.86 bits per heavy atom. The molecule has 1 atom stereocenters. The Labute approximate surface area is 247 Å². The largest absolute Gasteiger partial charge is 0.505 e. The van der Waals surface area contributed by atoms with E-state index in [4.69, 9.17) is 4.74 Å². The zero-order chi connectivity index (χ0) is 30.2. The molecule has 10 nitrogen and oxygen atoms in total. The molecule has 1 unspecified atom stereocenters. The summed E-state index contributed by atoms with van der Waals surface area (Å²) >= 11 is 1.44. The lowest BCUT2D eigenvalue weighted by Gasteiger charge is -2.24. The number of carbonyl (C=O) groups excluding carboxylic acids is 3. The summed E-state index contributed by atoms with van der Waals surface area (Å²) in [6.07, 6.45) is 6.37. The minimum atomic E-state index is -1.41. The van der Waals surface area contributed by atoms with Gasteiger partial charge in [0.1, 0.15) is 17.0 Å². The van der Waals surface area contributed by atoms with Gasteiger partial charge in [-0.1, -0.05) is 0 Å². The molecule has 6 rings (SSSR count). The van der Waals surface area contributed by atoms with E-state index < -0.39 is 35.4 Å². The molecular weight excluding hydrogens is 578 g/mol. The molecule has 2 aromatic carbocycles. The van der Waals surface area contributed by atoms with Gasteiger partial charge in [-0.15, -0.1) is 16.2 Å². The smallest absolute Gasteiger partial charge is 0.452 e. The first kappa shape index (κ1) is 27.8. The third kappa shape index (κ3) is 5.37. The molecule has 0 saturated heterocycles. The first-order valence-corrected chi connectivity index (χ1v) is 14.0. The van der Waals surface area contributed by atoms with Crippen LogP contribution < -0.4 is 15.0 Å². The van der Waals surface area contributed by atoms with E-state index in [1.54, 1.807) is 48.4 Å². The van der Waals surface area contributed by atoms with Crippen molar-refractivity contribution in [3.8, 4) is 21.9 Å². The maximum absolute atomic E-state index is 15.3. The highest BCUT2D eigenvalue weighted by atomic mass is 32.1. The summed E-state index contributed by atoms with van der Waals surface area (Å²) in [7, 11) is 0. The molecule has 4 heterocycles. The molecule has 0 bridgehead atoms. The fourth-order valence-corrected chi connectivity index (χ4v) is 5.21. The Kier molecular flexibility index (Phi) is 7.24. The van der Waals surface area contributed by atoms with Gasteiger partial charge in [-0.05, 0) is 62.4 Å². The second kappa shape index (κ2) is 11.2. The number of aromatic nitrogens is 3. The van der Waals surface area contributed by atoms with Crippen LogP contribution in [0.4, 0.5) is 25.0 Å². The van der Waals surface area contributed by atoms with Gasteiger partial charge in [-0.25, -0.2) is 18.1 Å². The summed E-state index contributed by atoms with van der Waals surface area (Å²) in [4.78, 5) is 45.5. The van der Waals surface area contributed by atoms with Crippen molar-refractivity contribution in [3.05, 3.63) is 90.3 Å². The number of thiazole rings is 1. The van der Waals surface area contributed by atoms with Crippen molar-refractivity contribution in [3.63, 3.8) is 0 Å². The van der Waals surface area contributed by atoms with Crippen molar-refractivity contribution in [1.29, 1.82) is 0 Å². The standard InChI is InChI=1S/C30H22F2N6O4S/c1-17(2)36-15-22(29(40)38(30(36)41)21-6-3-19(31)4-7-21)28(39)35-20-5-8-25(23(32)12-20)42-26-11-18(27-13-33-16-43-27)14-37-24(26)9-10-34-37/h3-17,22H,1-2H3/p+1. The first-order valence-electron chi connectivity index (χ1n) is 13.1. The van der Waals surface area contributed by atoms with Gasteiger partial charge < -0.3 is 10.1 Å². The number of nitrogens with zero attached hydrogens (tertiary/aromatic N) is 5. The molecule has 13 heteroatoms. The van der Waals surface area contributed by atoms with Crippen molar-refractivity contribution < 1.29 is 32.5 Å². The Balaban J connectivity index is 1.25. The van der Waals surface area contributed by atoms with Crippen LogP contribution in [0.1, 0.15) is 13.8 Å². The number of benzene rings is 2. The molecule has 0 spiro atoms. The highest BCUT2D eigenvalue weighted by Crippen LogP contribution is 2.34. The highest BCUT2D eigenvalue weighted by Gasteiger charge is 2.48. The van der Waals surface area contributed by atoms with Crippen molar-refractivity contribution in [2.45, 2.75) is 19.9 Å². The molecule has 1 N–H and O–H groups in total. The van der Waals surface area contributed by atoms with E-state index in [1.165, 1.54) is 46.4 Å². The number of pyridine rings is 1. The predicted octanol–water partition coefficient (Wildman–Crippen LogP) is 5.74. The van der Waals surface area contributed by atoms with Gasteiger partial charge in [0.15, 0.2) is 23.2 Å². The first-order chi connectivity index (χ1) is 20.7. The fourth-order valence-electron chi connectivity index (χ4n) is 4.61. The SMILES string of the molecule is CC(C)[N+]1=CC(C(=O)Nc2ccc(Oc3cc(-c4cncs4)cn4nccc34)c(F)c2)C(=O)N(c2ccc(F)cc2)C1=O. The van der Waals surface area contributed by atoms with Crippen molar-refractivity contribution in [2.24, 2.45) is 5.92 Å². The maximum Gasteiger partial charge on any atom is 0.505 e. The van der Waals surface area contributed by atoms with Gasteiger partial charge in [-0.2, -0.15) is 14.5 Å². The number of carbonyl (C=O) groups is 3. The van der Waals surface area contributed by atoms with E-state index in [2.05, 4.69) is 15.4 Å². The zero-order valence-corrected chi connectivity index (χ0v) is 23.6. The zero-order valence-electron chi connectivity index (χ0n) is 22.8. The van der Waals surface area contributed by atoms with Crippen molar-refractivity contribution in [2.75, 3.05) is 10.2 Å². The lowest BCUT2D eigenvalue weighted by Crippen LogP contribution is -2.55. The summed E-state index contributed by atoms with van der Waals surface area (Å²) in [5.41, 5.74) is 3.30. The molecule has 5 aromatic rings. The number of urea groups is 1. The second-order valence-electron chi connectivity index (χ2n) is 9.92. The van der Waals surface area contributed by atoms with Crippen LogP contribution in [0.2, 0.25) is 0 Å². The number of hydrogen-bond acceptors (Lipinski definition) is 7. The topological polar surface area (TPSA) is 109 Å². The molecule has 43 heavy (non-hydrogen) atoms. The number of amides is 4. The Morgan fingerprint density at radius 3 is 2.56 bits per heavy atom. The molecule has 0 fully saturated rings. The number of nitrogens with one attached hydrogen (secondary N) is 1. The lowest BCUT2D eigenvalue weighted by molar-refractivity contribution is -0.459. The van der Waals surface area contributed by atoms with Crippen LogP contribution in [-0.4, -0.2) is 49.3 Å². The van der Waals surface area contributed by atoms with Gasteiger partial charge in [0.05, 0.1) is 28.8 Å². The number of imide groups is 1. The monoisotopic (exact) mass is 601 g/mol. The van der Waals surface area contributed by atoms with E-state index in [1.807, 2.05) is 6.20 Å². The molecule has 0 saturated carbocycles.